The molecular weight excluding hydrogens is 268 g/mol. The third-order valence-corrected chi connectivity index (χ3v) is 3.65. The van der Waals surface area contributed by atoms with E-state index in [9.17, 15) is 0 Å². The van der Waals surface area contributed by atoms with Crippen molar-refractivity contribution < 1.29 is 4.74 Å². The van der Waals surface area contributed by atoms with Crippen LogP contribution in [0.1, 0.15) is 5.56 Å². The van der Waals surface area contributed by atoms with E-state index in [1.807, 2.05) is 25.1 Å². The van der Waals surface area contributed by atoms with Crippen LogP contribution in [0.4, 0.5) is 5.69 Å². The molecule has 0 radical (unpaired) electrons. The number of nitrogens with zero attached hydrogens (tertiary/aromatic N) is 1. The van der Waals surface area contributed by atoms with E-state index in [1.54, 1.807) is 0 Å². The molecule has 0 aromatic heterocycles. The first-order valence-corrected chi connectivity index (χ1v) is 5.94. The quantitative estimate of drug-likeness (QED) is 0.926. The van der Waals surface area contributed by atoms with Gasteiger partial charge < -0.3 is 10.1 Å². The van der Waals surface area contributed by atoms with Gasteiger partial charge in [0.2, 0.25) is 0 Å². The maximum atomic E-state index is 9.03. The lowest BCUT2D eigenvalue weighted by Gasteiger charge is -2.35. The van der Waals surface area contributed by atoms with Crippen LogP contribution in [0.25, 0.3) is 0 Å². The first kappa shape index (κ1) is 11.4. The minimum absolute atomic E-state index is 0.336. The van der Waals surface area contributed by atoms with Gasteiger partial charge in [-0.1, -0.05) is 22.0 Å². The Morgan fingerprint density at radius 1 is 1.56 bits per heavy atom. The minimum Gasteiger partial charge on any atom is -0.383 e. The number of nitriles is 1. The Hall–Kier alpha value is -1.05. The van der Waals surface area contributed by atoms with Gasteiger partial charge >= 0.3 is 0 Å². The predicted octanol–water partition coefficient (Wildman–Crippen LogP) is 2.71. The molecule has 4 heteroatoms. The smallest absolute Gasteiger partial charge is 0.121 e. The van der Waals surface area contributed by atoms with E-state index >= 15 is 0 Å². The Kier molecular flexibility index (Phi) is 3.17. The molecule has 1 fully saturated rings. The van der Waals surface area contributed by atoms with Gasteiger partial charge in [-0.25, -0.2) is 0 Å². The van der Waals surface area contributed by atoms with Crippen molar-refractivity contribution >= 4 is 21.6 Å². The molecular formula is C12H13BrN2O. The molecule has 2 rings (SSSR count). The molecule has 1 heterocycles. The van der Waals surface area contributed by atoms with Crippen LogP contribution < -0.4 is 5.32 Å². The molecule has 0 saturated carbocycles. The molecule has 0 atom stereocenters. The van der Waals surface area contributed by atoms with Crippen LogP contribution in [0.5, 0.6) is 0 Å². The van der Waals surface area contributed by atoms with E-state index in [-0.39, 0.29) is 5.41 Å². The van der Waals surface area contributed by atoms with Gasteiger partial charge in [-0.2, -0.15) is 5.26 Å². The zero-order valence-corrected chi connectivity index (χ0v) is 10.7. The Balaban J connectivity index is 2.00. The van der Waals surface area contributed by atoms with Gasteiger partial charge in [0.15, 0.2) is 0 Å². The maximum absolute atomic E-state index is 9.03. The molecule has 3 nitrogen and oxygen atoms in total. The topological polar surface area (TPSA) is 45.0 Å². The Bertz CT molecular complexity index is 435. The Labute approximate surface area is 104 Å². The Morgan fingerprint density at radius 3 is 2.81 bits per heavy atom. The van der Waals surface area contributed by atoms with Gasteiger partial charge in [0.1, 0.15) is 5.41 Å². The molecule has 1 aromatic rings. The molecule has 0 spiro atoms. The Morgan fingerprint density at radius 2 is 2.31 bits per heavy atom. The second-order valence-corrected chi connectivity index (χ2v) is 5.06. The average molecular weight is 281 g/mol. The van der Waals surface area contributed by atoms with Crippen LogP contribution in [-0.4, -0.2) is 19.8 Å². The number of hydrogen-bond donors (Lipinski definition) is 1. The van der Waals surface area contributed by atoms with Crippen LogP contribution >= 0.6 is 15.9 Å². The van der Waals surface area contributed by atoms with Crippen molar-refractivity contribution in [2.75, 3.05) is 25.1 Å². The fourth-order valence-corrected chi connectivity index (χ4v) is 1.91. The lowest BCUT2D eigenvalue weighted by Crippen LogP contribution is -2.46. The average Bonchev–Trinajstić information content (AvgIpc) is 2.22. The molecule has 1 saturated heterocycles. The van der Waals surface area contributed by atoms with E-state index in [0.29, 0.717) is 19.8 Å². The summed E-state index contributed by atoms with van der Waals surface area (Å²) in [5.74, 6) is 0. The number of benzene rings is 1. The van der Waals surface area contributed by atoms with Crippen molar-refractivity contribution in [3.8, 4) is 6.07 Å². The molecule has 16 heavy (non-hydrogen) atoms. The van der Waals surface area contributed by atoms with Crippen LogP contribution in [0, 0.1) is 23.7 Å². The largest absolute Gasteiger partial charge is 0.383 e. The first-order chi connectivity index (χ1) is 7.65. The molecule has 0 aliphatic carbocycles. The van der Waals surface area contributed by atoms with Crippen LogP contribution in [0.3, 0.4) is 0 Å². The molecule has 1 aromatic carbocycles. The van der Waals surface area contributed by atoms with Crippen LogP contribution in [0.15, 0.2) is 22.7 Å². The summed E-state index contributed by atoms with van der Waals surface area (Å²) in [6.45, 7) is 3.75. The maximum Gasteiger partial charge on any atom is 0.121 e. The molecule has 1 N–H and O–H groups in total. The number of hydrogen-bond acceptors (Lipinski definition) is 3. The van der Waals surface area contributed by atoms with Gasteiger partial charge in [-0.3, -0.25) is 0 Å². The zero-order valence-electron chi connectivity index (χ0n) is 9.09. The van der Waals surface area contributed by atoms with Gasteiger partial charge in [-0.05, 0) is 24.6 Å². The van der Waals surface area contributed by atoms with Crippen LogP contribution in [0.2, 0.25) is 0 Å². The highest BCUT2D eigenvalue weighted by atomic mass is 79.9. The van der Waals surface area contributed by atoms with Gasteiger partial charge in [0, 0.05) is 16.7 Å². The van der Waals surface area contributed by atoms with E-state index in [2.05, 4.69) is 27.3 Å². The summed E-state index contributed by atoms with van der Waals surface area (Å²) in [6, 6.07) is 8.40. The van der Waals surface area contributed by atoms with Gasteiger partial charge in [0.05, 0.1) is 19.3 Å². The van der Waals surface area contributed by atoms with Crippen molar-refractivity contribution in [2.45, 2.75) is 6.92 Å². The molecule has 0 amide bonds. The lowest BCUT2D eigenvalue weighted by atomic mass is 9.88. The predicted molar refractivity (Wildman–Crippen MR) is 66.2 cm³/mol. The summed E-state index contributed by atoms with van der Waals surface area (Å²) in [5.41, 5.74) is 1.89. The first-order valence-electron chi connectivity index (χ1n) is 5.14. The highest BCUT2D eigenvalue weighted by Crippen LogP contribution is 2.27. The number of anilines is 1. The SMILES string of the molecule is Cc1ccc(NCC2(C#N)COC2)cc1Br. The molecule has 0 bridgehead atoms. The van der Waals surface area contributed by atoms with Crippen molar-refractivity contribution in [2.24, 2.45) is 5.41 Å². The fourth-order valence-electron chi connectivity index (χ4n) is 1.53. The zero-order chi connectivity index (χ0) is 11.6. The number of aryl methyl sites for hydroxylation is 1. The fraction of sp³-hybridized carbons (Fsp3) is 0.417. The summed E-state index contributed by atoms with van der Waals surface area (Å²) < 4.78 is 6.17. The standard InChI is InChI=1S/C12H13BrN2O/c1-9-2-3-10(4-11(9)13)15-6-12(5-14)7-16-8-12/h2-4,15H,6-8H2,1H3. The second-order valence-electron chi connectivity index (χ2n) is 4.20. The molecule has 84 valence electrons. The van der Waals surface area contributed by atoms with Crippen molar-refractivity contribution in [3.05, 3.63) is 28.2 Å². The summed E-state index contributed by atoms with van der Waals surface area (Å²) in [5, 5.41) is 12.3. The summed E-state index contributed by atoms with van der Waals surface area (Å²) in [4.78, 5) is 0. The van der Waals surface area contributed by atoms with Crippen LogP contribution in [-0.2, 0) is 4.74 Å². The van der Waals surface area contributed by atoms with E-state index in [0.717, 1.165) is 10.2 Å². The van der Waals surface area contributed by atoms with E-state index in [4.69, 9.17) is 10.00 Å². The highest BCUT2D eigenvalue weighted by molar-refractivity contribution is 9.10. The number of ether oxygens (including phenoxy) is 1. The summed E-state index contributed by atoms with van der Waals surface area (Å²) >= 11 is 3.48. The highest BCUT2D eigenvalue weighted by Gasteiger charge is 2.38. The monoisotopic (exact) mass is 280 g/mol. The molecule has 1 aliphatic rings. The summed E-state index contributed by atoms with van der Waals surface area (Å²) in [7, 11) is 0. The molecule has 0 unspecified atom stereocenters. The van der Waals surface area contributed by atoms with E-state index in [1.165, 1.54) is 5.56 Å². The van der Waals surface area contributed by atoms with Gasteiger partial charge in [0.25, 0.3) is 0 Å². The number of rotatable bonds is 3. The molecule has 1 aliphatic heterocycles. The number of halogens is 1. The minimum atomic E-state index is -0.336. The summed E-state index contributed by atoms with van der Waals surface area (Å²) in [6.07, 6.45) is 0. The van der Waals surface area contributed by atoms with Crippen molar-refractivity contribution in [3.63, 3.8) is 0 Å². The van der Waals surface area contributed by atoms with Crippen molar-refractivity contribution in [1.82, 2.24) is 0 Å². The number of nitrogens with one attached hydrogen (secondary N) is 1. The normalized spacial score (nSPS) is 17.3. The van der Waals surface area contributed by atoms with Crippen molar-refractivity contribution in [1.29, 1.82) is 5.26 Å². The second kappa shape index (κ2) is 4.44. The van der Waals surface area contributed by atoms with Gasteiger partial charge in [-0.15, -0.1) is 0 Å². The third kappa shape index (κ3) is 2.21. The third-order valence-electron chi connectivity index (χ3n) is 2.80. The van der Waals surface area contributed by atoms with E-state index < -0.39 is 0 Å². The lowest BCUT2D eigenvalue weighted by molar-refractivity contribution is -0.0690.